The fraction of sp³-hybridized carbons (Fsp3) is 0.348. The molecule has 0 radical (unpaired) electrons. The lowest BCUT2D eigenvalue weighted by Gasteiger charge is -2.29. The van der Waals surface area contributed by atoms with E-state index in [1.165, 1.54) is 41.8 Å². The number of benzene rings is 1. The molecule has 156 valence electrons. The Hall–Kier alpha value is -1.88. The Kier molecular flexibility index (Phi) is 8.26. The van der Waals surface area contributed by atoms with Crippen LogP contribution >= 0.6 is 24.8 Å². The van der Waals surface area contributed by atoms with Crippen LogP contribution in [0.2, 0.25) is 0 Å². The van der Waals surface area contributed by atoms with Crippen molar-refractivity contribution in [2.45, 2.75) is 32.1 Å². The van der Waals surface area contributed by atoms with Gasteiger partial charge in [0.05, 0.1) is 5.69 Å². The number of halogens is 3. The maximum absolute atomic E-state index is 13.5. The molecule has 29 heavy (non-hydrogen) atoms. The van der Waals surface area contributed by atoms with E-state index in [0.717, 1.165) is 36.3 Å². The summed E-state index contributed by atoms with van der Waals surface area (Å²) in [5.74, 6) is 0.341. The van der Waals surface area contributed by atoms with Gasteiger partial charge >= 0.3 is 0 Å². The van der Waals surface area contributed by atoms with Crippen LogP contribution in [0.25, 0.3) is 22.4 Å². The molecule has 6 heteroatoms. The van der Waals surface area contributed by atoms with Gasteiger partial charge in [0.2, 0.25) is 0 Å². The summed E-state index contributed by atoms with van der Waals surface area (Å²) in [6.45, 7) is 4.48. The van der Waals surface area contributed by atoms with Crippen molar-refractivity contribution >= 4 is 24.8 Å². The highest BCUT2D eigenvalue weighted by atomic mass is 35.5. The molecule has 0 atom stereocenters. The molecule has 1 aliphatic rings. The van der Waals surface area contributed by atoms with Crippen LogP contribution in [-0.4, -0.2) is 35.0 Å². The van der Waals surface area contributed by atoms with E-state index < -0.39 is 0 Å². The second-order valence-corrected chi connectivity index (χ2v) is 7.44. The van der Waals surface area contributed by atoms with Crippen LogP contribution in [0.4, 0.5) is 4.39 Å². The normalized spacial score (nSPS) is 14.9. The Bertz CT molecular complexity index is 902. The average molecular weight is 436 g/mol. The fourth-order valence-electron chi connectivity index (χ4n) is 4.24. The van der Waals surface area contributed by atoms with Gasteiger partial charge in [0.1, 0.15) is 5.82 Å². The Morgan fingerprint density at radius 1 is 1.00 bits per heavy atom. The smallest absolute Gasteiger partial charge is 0.123 e. The summed E-state index contributed by atoms with van der Waals surface area (Å²) in [6, 6.07) is 10.9. The number of likely N-dealkylation sites (tertiary alicyclic amines) is 1. The van der Waals surface area contributed by atoms with E-state index in [9.17, 15) is 4.39 Å². The third kappa shape index (κ3) is 4.82. The summed E-state index contributed by atoms with van der Waals surface area (Å²) in [7, 11) is 2.19. The van der Waals surface area contributed by atoms with Gasteiger partial charge in [-0.05, 0) is 92.5 Å². The van der Waals surface area contributed by atoms with E-state index in [1.807, 2.05) is 24.5 Å². The van der Waals surface area contributed by atoms with Crippen molar-refractivity contribution in [3.63, 3.8) is 0 Å². The minimum atomic E-state index is -0.206. The molecule has 1 aliphatic heterocycles. The fourth-order valence-corrected chi connectivity index (χ4v) is 4.24. The summed E-state index contributed by atoms with van der Waals surface area (Å²) >= 11 is 0. The molecule has 1 fully saturated rings. The second-order valence-electron chi connectivity index (χ2n) is 7.44. The largest absolute Gasteiger partial charge is 0.357 e. The first kappa shape index (κ1) is 23.4. The summed E-state index contributed by atoms with van der Waals surface area (Å²) in [6.07, 6.45) is 6.99. The molecular weight excluding hydrogens is 408 g/mol. The van der Waals surface area contributed by atoms with Gasteiger partial charge in [-0.15, -0.1) is 24.8 Å². The van der Waals surface area contributed by atoms with Gasteiger partial charge in [-0.25, -0.2) is 4.39 Å². The van der Waals surface area contributed by atoms with Gasteiger partial charge in [0, 0.05) is 29.6 Å². The molecule has 3 heterocycles. The summed E-state index contributed by atoms with van der Waals surface area (Å²) < 4.78 is 13.5. The third-order valence-corrected chi connectivity index (χ3v) is 5.72. The van der Waals surface area contributed by atoms with Crippen LogP contribution in [0.1, 0.15) is 36.9 Å². The number of H-pyrrole nitrogens is 1. The Morgan fingerprint density at radius 2 is 1.62 bits per heavy atom. The number of aromatic amines is 1. The molecule has 1 saturated heterocycles. The quantitative estimate of drug-likeness (QED) is 0.536. The average Bonchev–Trinajstić information content (AvgIpc) is 3.09. The maximum atomic E-state index is 13.5. The summed E-state index contributed by atoms with van der Waals surface area (Å²) in [4.78, 5) is 10.3. The molecule has 0 amide bonds. The van der Waals surface area contributed by atoms with Crippen molar-refractivity contribution in [3.05, 3.63) is 65.9 Å². The molecule has 0 spiro atoms. The molecule has 4 rings (SSSR count). The Labute approximate surface area is 184 Å². The highest BCUT2D eigenvalue weighted by molar-refractivity contribution is 5.86. The van der Waals surface area contributed by atoms with Crippen molar-refractivity contribution in [3.8, 4) is 22.4 Å². The van der Waals surface area contributed by atoms with E-state index in [0.29, 0.717) is 5.92 Å². The van der Waals surface area contributed by atoms with Crippen LogP contribution in [0.15, 0.2) is 48.8 Å². The zero-order chi connectivity index (χ0) is 18.8. The van der Waals surface area contributed by atoms with E-state index in [4.69, 9.17) is 0 Å². The van der Waals surface area contributed by atoms with Crippen molar-refractivity contribution < 1.29 is 4.39 Å². The summed E-state index contributed by atoms with van der Waals surface area (Å²) in [5, 5.41) is 0. The zero-order valence-electron chi connectivity index (χ0n) is 16.8. The maximum Gasteiger partial charge on any atom is 0.123 e. The summed E-state index contributed by atoms with van der Waals surface area (Å²) in [5.41, 5.74) is 7.26. The van der Waals surface area contributed by atoms with Gasteiger partial charge in [-0.1, -0.05) is 6.92 Å². The molecule has 1 aromatic carbocycles. The van der Waals surface area contributed by atoms with Crippen molar-refractivity contribution in [2.75, 3.05) is 20.1 Å². The lowest BCUT2D eigenvalue weighted by atomic mass is 9.88. The molecule has 3 nitrogen and oxygen atoms in total. The van der Waals surface area contributed by atoms with Crippen molar-refractivity contribution in [2.24, 2.45) is 0 Å². The van der Waals surface area contributed by atoms with Crippen LogP contribution in [0.5, 0.6) is 0 Å². The van der Waals surface area contributed by atoms with Gasteiger partial charge in [-0.3, -0.25) is 4.98 Å². The third-order valence-electron chi connectivity index (χ3n) is 5.72. The first-order chi connectivity index (χ1) is 13.2. The Balaban J connectivity index is 0.00000150. The molecule has 2 aromatic heterocycles. The molecule has 0 unspecified atom stereocenters. The number of hydrogen-bond acceptors (Lipinski definition) is 2. The first-order valence-corrected chi connectivity index (χ1v) is 9.77. The van der Waals surface area contributed by atoms with Crippen molar-refractivity contribution in [1.29, 1.82) is 0 Å². The highest BCUT2D eigenvalue weighted by Crippen LogP contribution is 2.41. The van der Waals surface area contributed by atoms with Gasteiger partial charge in [0.25, 0.3) is 0 Å². The number of rotatable bonds is 4. The molecule has 1 N–H and O–H groups in total. The molecular formula is C23H28Cl2FN3. The van der Waals surface area contributed by atoms with Crippen LogP contribution in [0, 0.1) is 5.82 Å². The van der Waals surface area contributed by atoms with E-state index in [2.05, 4.69) is 41.0 Å². The van der Waals surface area contributed by atoms with E-state index >= 15 is 0 Å². The van der Waals surface area contributed by atoms with E-state index in [1.54, 1.807) is 0 Å². The number of nitrogens with zero attached hydrogens (tertiary/aromatic N) is 2. The Morgan fingerprint density at radius 3 is 2.21 bits per heavy atom. The number of piperidine rings is 1. The minimum Gasteiger partial charge on any atom is -0.357 e. The molecule has 0 bridgehead atoms. The predicted molar refractivity (Wildman–Crippen MR) is 123 cm³/mol. The number of hydrogen-bond donors (Lipinski definition) is 1. The lowest BCUT2D eigenvalue weighted by Crippen LogP contribution is -2.29. The number of pyridine rings is 1. The zero-order valence-corrected chi connectivity index (χ0v) is 18.5. The molecule has 3 aromatic rings. The predicted octanol–water partition coefficient (Wildman–Crippen LogP) is 6.10. The first-order valence-electron chi connectivity index (χ1n) is 9.77. The van der Waals surface area contributed by atoms with Gasteiger partial charge in [0.15, 0.2) is 0 Å². The van der Waals surface area contributed by atoms with Gasteiger partial charge in [-0.2, -0.15) is 0 Å². The second kappa shape index (κ2) is 10.2. The minimum absolute atomic E-state index is 0. The molecule has 0 saturated carbocycles. The van der Waals surface area contributed by atoms with E-state index in [-0.39, 0.29) is 30.6 Å². The monoisotopic (exact) mass is 435 g/mol. The van der Waals surface area contributed by atoms with Gasteiger partial charge < -0.3 is 9.88 Å². The number of aromatic nitrogens is 2. The SMILES string of the molecule is CCc1c(C2CCN(C)CC2)[nH]c(-c2ccc(F)cc2)c1-c1ccncc1.Cl.Cl. The van der Waals surface area contributed by atoms with Crippen LogP contribution < -0.4 is 0 Å². The number of nitrogens with one attached hydrogen (secondary N) is 1. The standard InChI is InChI=1S/C23H26FN3.2ClH/c1-3-20-21(16-8-12-25-13-9-16)23(17-4-6-19(24)7-5-17)26-22(20)18-10-14-27(2)15-11-18;;/h4-9,12-13,18,26H,3,10-11,14-15H2,1-2H3;2*1H. The topological polar surface area (TPSA) is 31.9 Å². The van der Waals surface area contributed by atoms with Crippen LogP contribution in [0.3, 0.4) is 0 Å². The lowest BCUT2D eigenvalue weighted by molar-refractivity contribution is 0.253. The highest BCUT2D eigenvalue weighted by Gasteiger charge is 2.26. The van der Waals surface area contributed by atoms with Crippen LogP contribution in [-0.2, 0) is 6.42 Å². The van der Waals surface area contributed by atoms with Crippen molar-refractivity contribution in [1.82, 2.24) is 14.9 Å². The molecule has 0 aliphatic carbocycles.